The lowest BCUT2D eigenvalue weighted by Gasteiger charge is -2.13. The van der Waals surface area contributed by atoms with Crippen LogP contribution in [0.25, 0.3) is 0 Å². The minimum Gasteiger partial charge on any atom is -0.387 e. The van der Waals surface area contributed by atoms with Crippen molar-refractivity contribution in [1.82, 2.24) is 14.5 Å². The Morgan fingerprint density at radius 2 is 1.91 bits per heavy atom. The fourth-order valence-electron chi connectivity index (χ4n) is 2.35. The van der Waals surface area contributed by atoms with Gasteiger partial charge in [0.05, 0.1) is 17.5 Å². The van der Waals surface area contributed by atoms with Crippen molar-refractivity contribution >= 4 is 21.8 Å². The Balaban J connectivity index is 2.12. The number of hydrogen-bond acceptors (Lipinski definition) is 5. The third-order valence-electron chi connectivity index (χ3n) is 3.68. The minimum absolute atomic E-state index is 0.0886. The maximum absolute atomic E-state index is 12.4. The maximum atomic E-state index is 12.4. The molecule has 1 heterocycles. The molecule has 0 radical (unpaired) electrons. The van der Waals surface area contributed by atoms with Gasteiger partial charge in [-0.25, -0.2) is 13.1 Å². The molecule has 8 heteroatoms. The van der Waals surface area contributed by atoms with Crippen LogP contribution in [0.4, 0.5) is 0 Å². The summed E-state index contributed by atoms with van der Waals surface area (Å²) in [6.07, 6.45) is 1.07. The van der Waals surface area contributed by atoms with E-state index in [0.29, 0.717) is 17.0 Å². The average Bonchev–Trinajstić information content (AvgIpc) is 2.78. The lowest BCUT2D eigenvalue weighted by atomic mass is 10.1. The molecule has 1 atom stereocenters. The molecule has 2 aromatic rings. The summed E-state index contributed by atoms with van der Waals surface area (Å²) < 4.78 is 28.9. The highest BCUT2D eigenvalue weighted by Crippen LogP contribution is 2.21. The highest BCUT2D eigenvalue weighted by atomic mass is 32.2. The van der Waals surface area contributed by atoms with E-state index < -0.39 is 16.1 Å². The first-order valence-corrected chi connectivity index (χ1v) is 9.79. The summed E-state index contributed by atoms with van der Waals surface area (Å²) in [6, 6.07) is 7.39. The Morgan fingerprint density at radius 3 is 2.39 bits per heavy atom. The number of aliphatic hydroxyl groups is 1. The van der Waals surface area contributed by atoms with E-state index in [4.69, 9.17) is 0 Å². The van der Waals surface area contributed by atoms with Crippen LogP contribution in [-0.2, 0) is 17.1 Å². The summed E-state index contributed by atoms with van der Waals surface area (Å²) in [7, 11) is -2.02. The molecule has 0 saturated carbocycles. The first kappa shape index (κ1) is 18.0. The first-order valence-electron chi connectivity index (χ1n) is 7.08. The minimum atomic E-state index is -3.71. The molecule has 2 N–H and O–H groups in total. The molecule has 23 heavy (non-hydrogen) atoms. The van der Waals surface area contributed by atoms with Crippen LogP contribution >= 0.6 is 11.8 Å². The van der Waals surface area contributed by atoms with Crippen LogP contribution < -0.4 is 4.72 Å². The topological polar surface area (TPSA) is 84.2 Å². The normalized spacial score (nSPS) is 13.3. The number of aliphatic hydroxyl groups excluding tert-OH is 1. The van der Waals surface area contributed by atoms with Gasteiger partial charge in [0.25, 0.3) is 0 Å². The quantitative estimate of drug-likeness (QED) is 0.772. The van der Waals surface area contributed by atoms with Crippen LogP contribution in [0.1, 0.15) is 23.1 Å². The second kappa shape index (κ2) is 7.04. The van der Waals surface area contributed by atoms with Gasteiger partial charge >= 0.3 is 0 Å². The lowest BCUT2D eigenvalue weighted by Crippen LogP contribution is -2.29. The number of rotatable bonds is 6. The summed E-state index contributed by atoms with van der Waals surface area (Å²) in [5.74, 6) is 0. The van der Waals surface area contributed by atoms with Crippen LogP contribution in [0, 0.1) is 13.8 Å². The zero-order valence-corrected chi connectivity index (χ0v) is 15.2. The van der Waals surface area contributed by atoms with E-state index in [0.717, 1.165) is 4.90 Å². The molecule has 0 bridgehead atoms. The second-order valence-corrected chi connectivity index (χ2v) is 7.85. The van der Waals surface area contributed by atoms with Crippen molar-refractivity contribution in [2.24, 2.45) is 7.05 Å². The fraction of sp³-hybridized carbons (Fsp3) is 0.400. The molecule has 0 spiro atoms. The second-order valence-electron chi connectivity index (χ2n) is 5.26. The highest BCUT2D eigenvalue weighted by molar-refractivity contribution is 7.98. The molecular formula is C15H21N3O3S2. The molecule has 0 aliphatic rings. The maximum Gasteiger partial charge on any atom is 0.244 e. The number of hydrogen-bond donors (Lipinski definition) is 2. The van der Waals surface area contributed by atoms with Gasteiger partial charge in [-0.2, -0.15) is 5.10 Å². The number of nitrogens with zero attached hydrogens (tertiary/aromatic N) is 2. The van der Waals surface area contributed by atoms with Gasteiger partial charge < -0.3 is 5.11 Å². The molecule has 6 nitrogen and oxygen atoms in total. The van der Waals surface area contributed by atoms with E-state index in [9.17, 15) is 13.5 Å². The Bertz CT molecular complexity index is 783. The molecule has 0 unspecified atom stereocenters. The SMILES string of the molecule is CSc1ccc([C@H](O)CNS(=O)(=O)c2c(C)nn(C)c2C)cc1. The molecule has 0 amide bonds. The van der Waals surface area contributed by atoms with Crippen LogP contribution in [0.15, 0.2) is 34.1 Å². The molecular weight excluding hydrogens is 334 g/mol. The Labute approximate surface area is 141 Å². The molecule has 0 aliphatic heterocycles. The summed E-state index contributed by atoms with van der Waals surface area (Å²) in [5, 5.41) is 14.3. The smallest absolute Gasteiger partial charge is 0.244 e. The predicted molar refractivity (Wildman–Crippen MR) is 91.1 cm³/mol. The predicted octanol–water partition coefficient (Wildman–Crippen LogP) is 1.77. The van der Waals surface area contributed by atoms with Gasteiger partial charge in [0.1, 0.15) is 4.90 Å². The Hall–Kier alpha value is -1.35. The molecule has 126 valence electrons. The van der Waals surface area contributed by atoms with E-state index >= 15 is 0 Å². The van der Waals surface area contributed by atoms with Gasteiger partial charge in [0.15, 0.2) is 0 Å². The zero-order chi connectivity index (χ0) is 17.2. The monoisotopic (exact) mass is 355 g/mol. The third kappa shape index (κ3) is 3.95. The molecule has 1 aromatic heterocycles. The fourth-order valence-corrected chi connectivity index (χ4v) is 4.23. The van der Waals surface area contributed by atoms with Crippen LogP contribution in [0.5, 0.6) is 0 Å². The highest BCUT2D eigenvalue weighted by Gasteiger charge is 2.24. The van der Waals surface area contributed by atoms with Crippen molar-refractivity contribution in [2.75, 3.05) is 12.8 Å². The van der Waals surface area contributed by atoms with Crippen LogP contribution in [-0.4, -0.2) is 36.1 Å². The van der Waals surface area contributed by atoms with Crippen molar-refractivity contribution in [3.05, 3.63) is 41.2 Å². The first-order chi connectivity index (χ1) is 10.8. The van der Waals surface area contributed by atoms with Gasteiger partial charge in [0.2, 0.25) is 10.0 Å². The van der Waals surface area contributed by atoms with Crippen molar-refractivity contribution in [1.29, 1.82) is 0 Å². The number of aryl methyl sites for hydroxylation is 2. The summed E-state index contributed by atoms with van der Waals surface area (Å²) >= 11 is 1.61. The van der Waals surface area contributed by atoms with Gasteiger partial charge in [-0.05, 0) is 37.8 Å². The lowest BCUT2D eigenvalue weighted by molar-refractivity contribution is 0.182. The molecule has 0 aliphatic carbocycles. The van der Waals surface area contributed by atoms with Gasteiger partial charge in [-0.1, -0.05) is 12.1 Å². The van der Waals surface area contributed by atoms with Crippen molar-refractivity contribution in [2.45, 2.75) is 29.7 Å². The summed E-state index contributed by atoms with van der Waals surface area (Å²) in [6.45, 7) is 3.26. The van der Waals surface area contributed by atoms with Crippen LogP contribution in [0.3, 0.4) is 0 Å². The molecule has 2 rings (SSSR count). The van der Waals surface area contributed by atoms with Crippen molar-refractivity contribution < 1.29 is 13.5 Å². The number of nitrogens with one attached hydrogen (secondary N) is 1. The number of aromatic nitrogens is 2. The van der Waals surface area contributed by atoms with Gasteiger partial charge in [-0.15, -0.1) is 11.8 Å². The van der Waals surface area contributed by atoms with Crippen LogP contribution in [0.2, 0.25) is 0 Å². The van der Waals surface area contributed by atoms with E-state index in [1.54, 1.807) is 44.8 Å². The van der Waals surface area contributed by atoms with E-state index in [-0.39, 0.29) is 11.4 Å². The van der Waals surface area contributed by atoms with E-state index in [1.165, 1.54) is 4.68 Å². The van der Waals surface area contributed by atoms with Crippen molar-refractivity contribution in [3.63, 3.8) is 0 Å². The number of benzene rings is 1. The Kier molecular flexibility index (Phi) is 5.51. The van der Waals surface area contributed by atoms with Crippen molar-refractivity contribution in [3.8, 4) is 0 Å². The van der Waals surface area contributed by atoms with Gasteiger partial charge in [-0.3, -0.25) is 4.68 Å². The average molecular weight is 355 g/mol. The number of thioether (sulfide) groups is 1. The Morgan fingerprint density at radius 1 is 1.30 bits per heavy atom. The zero-order valence-electron chi connectivity index (χ0n) is 13.6. The van der Waals surface area contributed by atoms with Gasteiger partial charge in [0, 0.05) is 18.5 Å². The third-order valence-corrected chi connectivity index (χ3v) is 6.10. The number of sulfonamides is 1. The largest absolute Gasteiger partial charge is 0.387 e. The summed E-state index contributed by atoms with van der Waals surface area (Å²) in [5.41, 5.74) is 1.68. The molecule has 1 aromatic carbocycles. The summed E-state index contributed by atoms with van der Waals surface area (Å²) in [4.78, 5) is 1.26. The van der Waals surface area contributed by atoms with E-state index in [2.05, 4.69) is 9.82 Å². The standard InChI is InChI=1S/C15H21N3O3S2/c1-10-15(11(2)18(3)17-10)23(20,21)16-9-14(19)12-5-7-13(22-4)8-6-12/h5-8,14,16,19H,9H2,1-4H3/t14-/m1/s1. The molecule has 0 fully saturated rings. The van der Waals surface area contributed by atoms with E-state index in [1.807, 2.05) is 18.4 Å². The molecule has 0 saturated heterocycles.